The molecule has 7 heteroatoms. The highest BCUT2D eigenvalue weighted by atomic mass is 19.1. The second-order valence-corrected chi connectivity index (χ2v) is 8.64. The van der Waals surface area contributed by atoms with Crippen LogP contribution in [0.25, 0.3) is 21.9 Å². The molecule has 1 saturated heterocycles. The number of nitrogens with zero attached hydrogens (tertiary/aromatic N) is 2. The summed E-state index contributed by atoms with van der Waals surface area (Å²) in [6, 6.07) is 3.64. The highest BCUT2D eigenvalue weighted by Crippen LogP contribution is 2.32. The van der Waals surface area contributed by atoms with Gasteiger partial charge in [-0.3, -0.25) is 9.59 Å². The Kier molecular flexibility index (Phi) is 4.96. The van der Waals surface area contributed by atoms with Crippen molar-refractivity contribution in [3.05, 3.63) is 64.7 Å². The number of aromatic amines is 2. The molecule has 6 nitrogen and oxygen atoms in total. The number of aromatic nitrogens is 3. The van der Waals surface area contributed by atoms with Crippen molar-refractivity contribution < 1.29 is 14.2 Å². The third-order valence-corrected chi connectivity index (χ3v) is 6.64. The Morgan fingerprint density at radius 2 is 2.19 bits per heavy atom. The average molecular weight is 421 g/mol. The predicted molar refractivity (Wildman–Crippen MR) is 117 cm³/mol. The molecule has 0 spiro atoms. The molecule has 2 aliphatic rings. The van der Waals surface area contributed by atoms with Gasteiger partial charge in [0.25, 0.3) is 5.65 Å². The van der Waals surface area contributed by atoms with E-state index < -0.39 is 6.17 Å². The predicted octanol–water partition coefficient (Wildman–Crippen LogP) is 3.32. The molecule has 0 aromatic carbocycles. The first kappa shape index (κ1) is 19.7. The summed E-state index contributed by atoms with van der Waals surface area (Å²) in [5.74, 6) is 0.421. The van der Waals surface area contributed by atoms with Gasteiger partial charge in [-0.2, -0.15) is 0 Å². The highest BCUT2D eigenvalue weighted by molar-refractivity contribution is 6.00. The van der Waals surface area contributed by atoms with Gasteiger partial charge in [-0.25, -0.2) is 14.4 Å². The van der Waals surface area contributed by atoms with Gasteiger partial charge in [0.2, 0.25) is 5.91 Å². The van der Waals surface area contributed by atoms with Crippen molar-refractivity contribution in [1.29, 1.82) is 0 Å². The van der Waals surface area contributed by atoms with Crippen LogP contribution < -0.4 is 10.4 Å². The van der Waals surface area contributed by atoms with Gasteiger partial charge in [0, 0.05) is 31.8 Å². The van der Waals surface area contributed by atoms with E-state index in [1.165, 1.54) is 6.08 Å². The zero-order valence-electron chi connectivity index (χ0n) is 17.5. The Morgan fingerprint density at radius 3 is 3.00 bits per heavy atom. The van der Waals surface area contributed by atoms with Gasteiger partial charge < -0.3 is 9.47 Å². The van der Waals surface area contributed by atoms with Crippen molar-refractivity contribution in [2.24, 2.45) is 5.92 Å². The van der Waals surface area contributed by atoms with Crippen LogP contribution in [0.3, 0.4) is 0 Å². The number of allylic oxidation sites excluding steroid dienone is 3. The van der Waals surface area contributed by atoms with Crippen LogP contribution >= 0.6 is 0 Å². The smallest absolute Gasteiger partial charge is 0.286 e. The maximum atomic E-state index is 13.3. The molecular formula is C24H26FN4O2+. The van der Waals surface area contributed by atoms with Gasteiger partial charge in [0.05, 0.1) is 34.9 Å². The molecule has 3 atom stereocenters. The minimum Gasteiger partial charge on any atom is -0.341 e. The van der Waals surface area contributed by atoms with Crippen molar-refractivity contribution in [2.45, 2.75) is 38.4 Å². The van der Waals surface area contributed by atoms with Crippen molar-refractivity contribution in [2.75, 3.05) is 13.1 Å². The molecule has 160 valence electrons. The second kappa shape index (κ2) is 7.80. The van der Waals surface area contributed by atoms with Crippen LogP contribution in [-0.4, -0.2) is 39.6 Å². The molecule has 4 heterocycles. The Bertz CT molecular complexity index is 1270. The van der Waals surface area contributed by atoms with Crippen LogP contribution in [0.2, 0.25) is 0 Å². The summed E-state index contributed by atoms with van der Waals surface area (Å²) in [6.07, 6.45) is 11.1. The minimum atomic E-state index is -0.949. The number of piperidine rings is 1. The summed E-state index contributed by atoms with van der Waals surface area (Å²) in [4.78, 5) is 33.8. The summed E-state index contributed by atoms with van der Waals surface area (Å²) in [6.45, 7) is 3.50. The molecule has 3 aromatic rings. The van der Waals surface area contributed by atoms with E-state index in [4.69, 9.17) is 0 Å². The number of hydrogen-bond donors (Lipinski definition) is 1. The van der Waals surface area contributed by atoms with Crippen LogP contribution in [0, 0.1) is 5.92 Å². The lowest BCUT2D eigenvalue weighted by Crippen LogP contribution is -2.44. The zero-order valence-corrected chi connectivity index (χ0v) is 17.5. The third kappa shape index (κ3) is 3.58. The maximum Gasteiger partial charge on any atom is 0.286 e. The van der Waals surface area contributed by atoms with Crippen LogP contribution in [0.5, 0.6) is 0 Å². The number of carbonyl (C=O) groups is 1. The van der Waals surface area contributed by atoms with Crippen LogP contribution in [0.1, 0.15) is 32.2 Å². The zero-order chi connectivity index (χ0) is 21.5. The first-order valence-corrected chi connectivity index (χ1v) is 10.8. The Labute approximate surface area is 179 Å². The molecule has 2 N–H and O–H groups in total. The number of amides is 1. The average Bonchev–Trinajstić information content (AvgIpc) is 3.25. The molecule has 5 rings (SSSR count). The number of carbonyl (C=O) groups excluding carboxylic acids is 1. The summed E-state index contributed by atoms with van der Waals surface area (Å²) < 4.78 is 15.5. The molecule has 0 radical (unpaired) electrons. The molecule has 1 aliphatic heterocycles. The van der Waals surface area contributed by atoms with E-state index in [-0.39, 0.29) is 17.4 Å². The Hall–Kier alpha value is -3.22. The fraction of sp³-hybridized carbons (Fsp3) is 0.375. The Morgan fingerprint density at radius 1 is 1.32 bits per heavy atom. The van der Waals surface area contributed by atoms with Crippen molar-refractivity contribution in [3.63, 3.8) is 0 Å². The number of halogens is 1. The van der Waals surface area contributed by atoms with Crippen LogP contribution in [0.4, 0.5) is 4.39 Å². The highest BCUT2D eigenvalue weighted by Gasteiger charge is 2.31. The summed E-state index contributed by atoms with van der Waals surface area (Å²) >= 11 is 0. The molecule has 31 heavy (non-hydrogen) atoms. The maximum absolute atomic E-state index is 13.3. The first-order chi connectivity index (χ1) is 15.0. The van der Waals surface area contributed by atoms with E-state index in [0.29, 0.717) is 37.2 Å². The second-order valence-electron chi connectivity index (χ2n) is 8.64. The van der Waals surface area contributed by atoms with Crippen LogP contribution in [0.15, 0.2) is 59.3 Å². The van der Waals surface area contributed by atoms with E-state index in [1.54, 1.807) is 18.3 Å². The minimum absolute atomic E-state index is 0.0239. The van der Waals surface area contributed by atoms with Gasteiger partial charge in [0.1, 0.15) is 12.4 Å². The van der Waals surface area contributed by atoms with Crippen molar-refractivity contribution in [3.8, 4) is 0 Å². The molecule has 3 unspecified atom stereocenters. The standard InChI is InChI=1S/C24H25FN4O2/c1-15-7-10-28(22(31)12-16-2-4-17(25)5-3-16)14-20(15)29-11-8-21(30)19-13-27-24-18(23(19)29)6-9-26-24/h2-4,6,8-9,11,13,15,17,20H,5,7,10,12,14H2,1H3,(H,26,27)/p+1. The van der Waals surface area contributed by atoms with E-state index >= 15 is 0 Å². The molecular weight excluding hydrogens is 395 g/mol. The molecule has 1 fully saturated rings. The number of nitrogens with one attached hydrogen (secondary N) is 2. The lowest BCUT2D eigenvalue weighted by molar-refractivity contribution is -0.345. The fourth-order valence-electron chi connectivity index (χ4n) is 4.79. The summed E-state index contributed by atoms with van der Waals surface area (Å²) in [5, 5.41) is 1.60. The lowest BCUT2D eigenvalue weighted by Gasteiger charge is -2.39. The van der Waals surface area contributed by atoms with E-state index in [2.05, 4.69) is 21.5 Å². The fourth-order valence-corrected chi connectivity index (χ4v) is 4.79. The molecule has 0 bridgehead atoms. The van der Waals surface area contributed by atoms with Gasteiger partial charge in [-0.05, 0) is 24.0 Å². The van der Waals surface area contributed by atoms with E-state index in [9.17, 15) is 14.0 Å². The van der Waals surface area contributed by atoms with Crippen molar-refractivity contribution in [1.82, 2.24) is 14.5 Å². The molecule has 0 saturated carbocycles. The molecule has 3 aromatic heterocycles. The monoisotopic (exact) mass is 421 g/mol. The Balaban J connectivity index is 1.47. The number of hydrogen-bond acceptors (Lipinski definition) is 2. The van der Waals surface area contributed by atoms with Gasteiger partial charge in [-0.15, -0.1) is 0 Å². The lowest BCUT2D eigenvalue weighted by atomic mass is 9.92. The molecule has 1 aliphatic carbocycles. The van der Waals surface area contributed by atoms with Gasteiger partial charge in [-0.1, -0.05) is 25.2 Å². The number of likely N-dealkylation sites (tertiary alicyclic amines) is 1. The third-order valence-electron chi connectivity index (χ3n) is 6.64. The van der Waals surface area contributed by atoms with Crippen LogP contribution in [-0.2, 0) is 4.79 Å². The summed E-state index contributed by atoms with van der Waals surface area (Å²) in [5.41, 5.74) is 2.61. The number of alkyl halides is 1. The topological polar surface area (TPSA) is 72.2 Å². The normalized spacial score (nSPS) is 24.0. The van der Waals surface area contributed by atoms with Gasteiger partial charge in [0.15, 0.2) is 5.43 Å². The quantitative estimate of drug-likeness (QED) is 0.705. The number of pyridine rings is 2. The van der Waals surface area contributed by atoms with E-state index in [1.807, 2.05) is 29.4 Å². The SMILES string of the molecule is CC1CCN(C(=O)CC2=CCC(F)C=C2)CC1n1ccc(=O)c2c[nH+]c3[nH]ccc3c21. The largest absolute Gasteiger partial charge is 0.341 e. The number of fused-ring (bicyclic) bond motifs is 3. The number of H-pyrrole nitrogens is 2. The summed E-state index contributed by atoms with van der Waals surface area (Å²) in [7, 11) is 0. The molecule has 1 amide bonds. The van der Waals surface area contributed by atoms with Gasteiger partial charge >= 0.3 is 0 Å². The number of rotatable bonds is 3. The first-order valence-electron chi connectivity index (χ1n) is 10.8. The van der Waals surface area contributed by atoms with Crippen molar-refractivity contribution >= 4 is 27.8 Å². The van der Waals surface area contributed by atoms with E-state index in [0.717, 1.165) is 28.5 Å².